The van der Waals surface area contributed by atoms with Crippen molar-refractivity contribution >= 4 is 46.6 Å². The second-order valence-corrected chi connectivity index (χ2v) is 7.19. The largest absolute Gasteiger partial charge is 0.326 e. The third-order valence-corrected chi connectivity index (χ3v) is 4.82. The van der Waals surface area contributed by atoms with Gasteiger partial charge in [-0.25, -0.2) is 9.97 Å². The van der Waals surface area contributed by atoms with E-state index in [9.17, 15) is 9.59 Å². The predicted molar refractivity (Wildman–Crippen MR) is 112 cm³/mol. The lowest BCUT2D eigenvalue weighted by Gasteiger charge is -2.08. The van der Waals surface area contributed by atoms with Crippen LogP contribution in [0.3, 0.4) is 0 Å². The molecule has 0 spiro atoms. The zero-order chi connectivity index (χ0) is 19.9. The number of benzene rings is 2. The number of anilines is 2. The molecule has 0 aliphatic carbocycles. The summed E-state index contributed by atoms with van der Waals surface area (Å²) < 4.78 is 0. The van der Waals surface area contributed by atoms with Crippen molar-refractivity contribution < 1.29 is 9.59 Å². The number of amides is 2. The van der Waals surface area contributed by atoms with Gasteiger partial charge in [-0.2, -0.15) is 0 Å². The maximum absolute atomic E-state index is 12.6. The number of carbonyl (C=O) groups is 2. The highest BCUT2D eigenvalue weighted by Gasteiger charge is 2.15. The number of nitrogens with zero attached hydrogens (tertiary/aromatic N) is 2. The van der Waals surface area contributed by atoms with E-state index in [1.165, 1.54) is 24.9 Å². The molecular formula is C20H17ClN4O2S. The molecule has 3 rings (SSSR count). The molecule has 1 heterocycles. The number of halogens is 1. The monoisotopic (exact) mass is 412 g/mol. The van der Waals surface area contributed by atoms with Gasteiger partial charge in [-0.3, -0.25) is 9.59 Å². The zero-order valence-electron chi connectivity index (χ0n) is 15.0. The predicted octanol–water partition coefficient (Wildman–Crippen LogP) is 4.63. The number of thioether (sulfide) groups is 1. The fourth-order valence-electron chi connectivity index (χ4n) is 2.33. The van der Waals surface area contributed by atoms with Crippen LogP contribution in [0.2, 0.25) is 5.02 Å². The van der Waals surface area contributed by atoms with E-state index in [1.54, 1.807) is 24.3 Å². The van der Waals surface area contributed by atoms with Crippen molar-refractivity contribution in [2.75, 3.05) is 10.6 Å². The first-order valence-electron chi connectivity index (χ1n) is 8.39. The lowest BCUT2D eigenvalue weighted by atomic mass is 10.2. The van der Waals surface area contributed by atoms with Crippen molar-refractivity contribution in [2.45, 2.75) is 17.8 Å². The fourth-order valence-corrected chi connectivity index (χ4v) is 3.28. The Morgan fingerprint density at radius 2 is 1.64 bits per heavy atom. The Labute approximate surface area is 171 Å². The van der Waals surface area contributed by atoms with E-state index in [2.05, 4.69) is 20.6 Å². The first kappa shape index (κ1) is 19.9. The minimum absolute atomic E-state index is 0.109. The van der Waals surface area contributed by atoms with Crippen LogP contribution >= 0.6 is 23.4 Å². The lowest BCUT2D eigenvalue weighted by Crippen LogP contribution is -2.15. The van der Waals surface area contributed by atoms with E-state index in [0.29, 0.717) is 22.3 Å². The topological polar surface area (TPSA) is 84.0 Å². The maximum atomic E-state index is 12.6. The first-order valence-corrected chi connectivity index (χ1v) is 9.76. The Morgan fingerprint density at radius 1 is 1.00 bits per heavy atom. The van der Waals surface area contributed by atoms with Crippen molar-refractivity contribution in [3.05, 3.63) is 77.1 Å². The van der Waals surface area contributed by atoms with Crippen molar-refractivity contribution in [2.24, 2.45) is 0 Å². The highest BCUT2D eigenvalue weighted by atomic mass is 35.5. The van der Waals surface area contributed by atoms with Gasteiger partial charge >= 0.3 is 0 Å². The normalized spacial score (nSPS) is 10.4. The summed E-state index contributed by atoms with van der Waals surface area (Å²) in [4.78, 5) is 32.1. The van der Waals surface area contributed by atoms with Crippen LogP contribution in [0.25, 0.3) is 0 Å². The number of carbonyl (C=O) groups excluding carboxylic acids is 2. The average molecular weight is 413 g/mol. The number of nitrogens with one attached hydrogen (secondary N) is 2. The van der Waals surface area contributed by atoms with Crippen LogP contribution in [0, 0.1) is 0 Å². The molecule has 0 aliphatic rings. The van der Waals surface area contributed by atoms with Crippen molar-refractivity contribution in [3.63, 3.8) is 0 Å². The smallest absolute Gasteiger partial charge is 0.275 e. The van der Waals surface area contributed by atoms with Crippen LogP contribution in [0.1, 0.15) is 23.0 Å². The molecule has 0 atom stereocenters. The van der Waals surface area contributed by atoms with Crippen LogP contribution in [-0.2, 0) is 10.5 Å². The molecule has 28 heavy (non-hydrogen) atoms. The van der Waals surface area contributed by atoms with Gasteiger partial charge in [0.2, 0.25) is 5.91 Å². The minimum Gasteiger partial charge on any atom is -0.326 e. The maximum Gasteiger partial charge on any atom is 0.275 e. The molecule has 2 N–H and O–H groups in total. The van der Waals surface area contributed by atoms with Crippen molar-refractivity contribution in [1.29, 1.82) is 0 Å². The minimum atomic E-state index is -0.429. The standard InChI is InChI=1S/C20H17ClN4O2S/c1-13(26)23-15-7-9-16(10-8-15)24-19(27)18-17(21)11-22-20(25-18)28-12-14-5-3-2-4-6-14/h2-11H,12H2,1H3,(H,23,26)(H,24,27). The summed E-state index contributed by atoms with van der Waals surface area (Å²) in [7, 11) is 0. The zero-order valence-corrected chi connectivity index (χ0v) is 16.6. The van der Waals surface area contributed by atoms with Crippen LogP contribution in [0.15, 0.2) is 66.0 Å². The van der Waals surface area contributed by atoms with E-state index >= 15 is 0 Å². The van der Waals surface area contributed by atoms with Gasteiger partial charge < -0.3 is 10.6 Å². The van der Waals surface area contributed by atoms with Crippen LogP contribution < -0.4 is 10.6 Å². The highest BCUT2D eigenvalue weighted by molar-refractivity contribution is 7.98. The highest BCUT2D eigenvalue weighted by Crippen LogP contribution is 2.23. The van der Waals surface area contributed by atoms with Crippen LogP contribution in [-0.4, -0.2) is 21.8 Å². The van der Waals surface area contributed by atoms with Gasteiger partial charge in [-0.1, -0.05) is 53.7 Å². The molecule has 6 nitrogen and oxygen atoms in total. The summed E-state index contributed by atoms with van der Waals surface area (Å²) >= 11 is 7.54. The summed E-state index contributed by atoms with van der Waals surface area (Å²) in [5.41, 5.74) is 2.45. The van der Waals surface area contributed by atoms with E-state index in [4.69, 9.17) is 11.6 Å². The summed E-state index contributed by atoms with van der Waals surface area (Å²) in [6.45, 7) is 1.43. The van der Waals surface area contributed by atoms with Gasteiger partial charge in [0, 0.05) is 24.1 Å². The van der Waals surface area contributed by atoms with Crippen molar-refractivity contribution in [3.8, 4) is 0 Å². The summed E-state index contributed by atoms with van der Waals surface area (Å²) in [6, 6.07) is 16.7. The number of rotatable bonds is 6. The number of aromatic nitrogens is 2. The molecule has 0 aliphatic heterocycles. The van der Waals surface area contributed by atoms with Crippen LogP contribution in [0.5, 0.6) is 0 Å². The molecule has 0 bridgehead atoms. The van der Waals surface area contributed by atoms with Gasteiger partial charge in [0.1, 0.15) is 0 Å². The SMILES string of the molecule is CC(=O)Nc1ccc(NC(=O)c2nc(SCc3ccccc3)ncc2Cl)cc1. The fraction of sp³-hybridized carbons (Fsp3) is 0.100. The molecule has 1 aromatic heterocycles. The number of hydrogen-bond acceptors (Lipinski definition) is 5. The molecule has 2 aromatic carbocycles. The Hall–Kier alpha value is -2.90. The molecule has 3 aromatic rings. The third kappa shape index (κ3) is 5.55. The second-order valence-electron chi connectivity index (χ2n) is 5.84. The van der Waals surface area contributed by atoms with Gasteiger partial charge in [0.05, 0.1) is 11.2 Å². The molecule has 8 heteroatoms. The quantitative estimate of drug-likeness (QED) is 0.455. The van der Waals surface area contributed by atoms with Gasteiger partial charge in [-0.05, 0) is 29.8 Å². The molecule has 0 unspecified atom stereocenters. The van der Waals surface area contributed by atoms with Crippen LogP contribution in [0.4, 0.5) is 11.4 Å². The number of hydrogen-bond donors (Lipinski definition) is 2. The summed E-state index contributed by atoms with van der Waals surface area (Å²) in [5.74, 6) is 0.0973. The van der Waals surface area contributed by atoms with E-state index in [0.717, 1.165) is 5.56 Å². The molecule has 142 valence electrons. The molecule has 2 amide bonds. The van der Waals surface area contributed by atoms with E-state index < -0.39 is 5.91 Å². The van der Waals surface area contributed by atoms with Gasteiger partial charge in [0.15, 0.2) is 10.9 Å². The van der Waals surface area contributed by atoms with E-state index in [-0.39, 0.29) is 16.6 Å². The average Bonchev–Trinajstić information content (AvgIpc) is 2.69. The Balaban J connectivity index is 1.68. The molecule has 0 radical (unpaired) electrons. The van der Waals surface area contributed by atoms with E-state index in [1.807, 2.05) is 30.3 Å². The van der Waals surface area contributed by atoms with Crippen molar-refractivity contribution in [1.82, 2.24) is 9.97 Å². The van der Waals surface area contributed by atoms with Gasteiger partial charge in [-0.15, -0.1) is 0 Å². The third-order valence-electron chi connectivity index (χ3n) is 3.61. The first-order chi connectivity index (χ1) is 13.5. The Morgan fingerprint density at radius 3 is 2.29 bits per heavy atom. The Kier molecular flexibility index (Phi) is 6.62. The molecule has 0 fully saturated rings. The lowest BCUT2D eigenvalue weighted by molar-refractivity contribution is -0.114. The molecule has 0 saturated heterocycles. The molecular weight excluding hydrogens is 396 g/mol. The van der Waals surface area contributed by atoms with Gasteiger partial charge in [0.25, 0.3) is 5.91 Å². The molecule has 0 saturated carbocycles. The summed E-state index contributed by atoms with van der Waals surface area (Å²) in [5, 5.41) is 6.06. The second kappa shape index (κ2) is 9.34. The summed E-state index contributed by atoms with van der Waals surface area (Å²) in [6.07, 6.45) is 1.43. The Bertz CT molecular complexity index is 981.